The third-order valence-corrected chi connectivity index (χ3v) is 2.52. The first-order valence-electron chi connectivity index (χ1n) is 4.50. The van der Waals surface area contributed by atoms with Crippen molar-refractivity contribution in [1.29, 1.82) is 0 Å². The molecule has 2 N–H and O–H groups in total. The molecule has 1 aliphatic heterocycles. The van der Waals surface area contributed by atoms with Crippen LogP contribution in [0.25, 0.3) is 0 Å². The van der Waals surface area contributed by atoms with Crippen molar-refractivity contribution in [1.82, 2.24) is 0 Å². The van der Waals surface area contributed by atoms with E-state index in [9.17, 15) is 4.79 Å². The number of primary amides is 1. The standard InChI is InChI=1S/C11H12N2O/c1-11(2)9-4-3-7(10(12)14)5-8(9)6-13-11/h3-6H,1-2H3,(H2,12,14). The van der Waals surface area contributed by atoms with Crippen LogP contribution in [0.5, 0.6) is 0 Å². The maximum absolute atomic E-state index is 10.9. The highest BCUT2D eigenvalue weighted by Gasteiger charge is 2.26. The summed E-state index contributed by atoms with van der Waals surface area (Å²) in [6.07, 6.45) is 1.79. The number of benzene rings is 1. The second-order valence-corrected chi connectivity index (χ2v) is 3.98. The molecule has 0 saturated heterocycles. The first-order valence-corrected chi connectivity index (χ1v) is 4.50. The van der Waals surface area contributed by atoms with E-state index in [4.69, 9.17) is 5.73 Å². The predicted octanol–water partition coefficient (Wildman–Crippen LogP) is 1.45. The van der Waals surface area contributed by atoms with Crippen molar-refractivity contribution in [3.05, 3.63) is 34.9 Å². The third-order valence-electron chi connectivity index (χ3n) is 2.52. The van der Waals surface area contributed by atoms with Crippen LogP contribution in [-0.2, 0) is 5.54 Å². The van der Waals surface area contributed by atoms with Crippen LogP contribution in [0.15, 0.2) is 23.2 Å². The number of hydrogen-bond donors (Lipinski definition) is 1. The van der Waals surface area contributed by atoms with Gasteiger partial charge < -0.3 is 5.73 Å². The van der Waals surface area contributed by atoms with Gasteiger partial charge in [0, 0.05) is 11.8 Å². The second-order valence-electron chi connectivity index (χ2n) is 3.98. The van der Waals surface area contributed by atoms with Gasteiger partial charge in [-0.05, 0) is 37.1 Å². The topological polar surface area (TPSA) is 55.4 Å². The lowest BCUT2D eigenvalue weighted by atomic mass is 9.93. The summed E-state index contributed by atoms with van der Waals surface area (Å²) < 4.78 is 0. The highest BCUT2D eigenvalue weighted by molar-refractivity contribution is 5.96. The van der Waals surface area contributed by atoms with E-state index in [2.05, 4.69) is 4.99 Å². The van der Waals surface area contributed by atoms with E-state index in [1.54, 1.807) is 18.3 Å². The fourth-order valence-corrected chi connectivity index (χ4v) is 1.68. The average Bonchev–Trinajstić information content (AvgIpc) is 2.42. The fraction of sp³-hybridized carbons (Fsp3) is 0.273. The molecule has 0 saturated carbocycles. The predicted molar refractivity (Wildman–Crippen MR) is 55.6 cm³/mol. The van der Waals surface area contributed by atoms with Crippen LogP contribution in [-0.4, -0.2) is 12.1 Å². The molecule has 1 aromatic rings. The van der Waals surface area contributed by atoms with Crippen molar-refractivity contribution in [2.45, 2.75) is 19.4 Å². The van der Waals surface area contributed by atoms with Crippen molar-refractivity contribution >= 4 is 12.1 Å². The molecular weight excluding hydrogens is 176 g/mol. The number of fused-ring (bicyclic) bond motifs is 1. The van der Waals surface area contributed by atoms with Gasteiger partial charge in [-0.3, -0.25) is 9.79 Å². The number of carbonyl (C=O) groups excluding carboxylic acids is 1. The Labute approximate surface area is 82.6 Å². The molecule has 1 aromatic carbocycles. The summed E-state index contributed by atoms with van der Waals surface area (Å²) in [5, 5.41) is 0. The highest BCUT2D eigenvalue weighted by Crippen LogP contribution is 2.32. The van der Waals surface area contributed by atoms with Gasteiger partial charge in [-0.25, -0.2) is 0 Å². The van der Waals surface area contributed by atoms with Gasteiger partial charge in [0.1, 0.15) is 0 Å². The number of nitrogens with zero attached hydrogens (tertiary/aromatic N) is 1. The monoisotopic (exact) mass is 188 g/mol. The lowest BCUT2D eigenvalue weighted by Gasteiger charge is -2.16. The van der Waals surface area contributed by atoms with Gasteiger partial charge in [0.25, 0.3) is 0 Å². The molecule has 0 fully saturated rings. The maximum atomic E-state index is 10.9. The first-order chi connectivity index (χ1) is 6.50. The van der Waals surface area contributed by atoms with E-state index in [0.29, 0.717) is 5.56 Å². The number of rotatable bonds is 1. The Morgan fingerprint density at radius 2 is 2.14 bits per heavy atom. The minimum Gasteiger partial charge on any atom is -0.366 e. The van der Waals surface area contributed by atoms with Gasteiger partial charge in [-0.1, -0.05) is 6.07 Å². The van der Waals surface area contributed by atoms with Gasteiger partial charge in [-0.2, -0.15) is 0 Å². The molecule has 0 bridgehead atoms. The molecule has 0 radical (unpaired) electrons. The summed E-state index contributed by atoms with van der Waals surface area (Å²) >= 11 is 0. The molecule has 72 valence electrons. The summed E-state index contributed by atoms with van der Waals surface area (Å²) in [6.45, 7) is 4.08. The van der Waals surface area contributed by atoms with E-state index in [0.717, 1.165) is 11.1 Å². The van der Waals surface area contributed by atoms with Crippen LogP contribution in [0.4, 0.5) is 0 Å². The number of aliphatic imine (C=N–C) groups is 1. The number of nitrogens with two attached hydrogens (primary N) is 1. The molecule has 0 spiro atoms. The molecule has 1 amide bonds. The van der Waals surface area contributed by atoms with E-state index < -0.39 is 5.91 Å². The normalized spacial score (nSPS) is 16.7. The Morgan fingerprint density at radius 1 is 1.43 bits per heavy atom. The average molecular weight is 188 g/mol. The Kier molecular flexibility index (Phi) is 1.71. The van der Waals surface area contributed by atoms with Crippen LogP contribution in [0.1, 0.15) is 35.3 Å². The van der Waals surface area contributed by atoms with Crippen molar-refractivity contribution in [3.8, 4) is 0 Å². The first kappa shape index (κ1) is 8.94. The van der Waals surface area contributed by atoms with Crippen LogP contribution >= 0.6 is 0 Å². The molecule has 0 unspecified atom stereocenters. The third kappa shape index (κ3) is 1.21. The lowest BCUT2D eigenvalue weighted by molar-refractivity contribution is 0.1000. The molecule has 0 atom stereocenters. The molecule has 1 aliphatic rings. The van der Waals surface area contributed by atoms with Crippen molar-refractivity contribution in [3.63, 3.8) is 0 Å². The molecule has 14 heavy (non-hydrogen) atoms. The molecule has 2 rings (SSSR count). The quantitative estimate of drug-likeness (QED) is 0.712. The van der Waals surface area contributed by atoms with Crippen LogP contribution < -0.4 is 5.73 Å². The highest BCUT2D eigenvalue weighted by atomic mass is 16.1. The smallest absolute Gasteiger partial charge is 0.248 e. The zero-order chi connectivity index (χ0) is 10.3. The van der Waals surface area contributed by atoms with Gasteiger partial charge >= 0.3 is 0 Å². The summed E-state index contributed by atoms with van der Waals surface area (Å²) in [4.78, 5) is 15.3. The summed E-state index contributed by atoms with van der Waals surface area (Å²) in [6, 6.07) is 5.45. The zero-order valence-electron chi connectivity index (χ0n) is 8.24. The minimum absolute atomic E-state index is 0.175. The largest absolute Gasteiger partial charge is 0.366 e. The van der Waals surface area contributed by atoms with Crippen molar-refractivity contribution in [2.24, 2.45) is 10.7 Å². The van der Waals surface area contributed by atoms with E-state index in [1.807, 2.05) is 19.9 Å². The zero-order valence-corrected chi connectivity index (χ0v) is 8.24. The molecule has 1 heterocycles. The van der Waals surface area contributed by atoms with E-state index in [-0.39, 0.29) is 5.54 Å². The summed E-state index contributed by atoms with van der Waals surface area (Å²) in [7, 11) is 0. The second kappa shape index (κ2) is 2.67. The van der Waals surface area contributed by atoms with Crippen LogP contribution in [0, 0.1) is 0 Å². The van der Waals surface area contributed by atoms with E-state index >= 15 is 0 Å². The molecule has 0 aliphatic carbocycles. The lowest BCUT2D eigenvalue weighted by Crippen LogP contribution is -2.14. The van der Waals surface area contributed by atoms with Gasteiger partial charge in [0.15, 0.2) is 0 Å². The minimum atomic E-state index is -0.397. The van der Waals surface area contributed by atoms with Crippen LogP contribution in [0.3, 0.4) is 0 Å². The SMILES string of the molecule is CC1(C)N=Cc2cc(C(N)=O)ccc21. The van der Waals surface area contributed by atoms with Crippen molar-refractivity contribution in [2.75, 3.05) is 0 Å². The van der Waals surface area contributed by atoms with Gasteiger partial charge in [-0.15, -0.1) is 0 Å². The molecule has 3 heteroatoms. The number of carbonyl (C=O) groups is 1. The summed E-state index contributed by atoms with van der Waals surface area (Å²) in [5.41, 5.74) is 7.69. The van der Waals surface area contributed by atoms with E-state index in [1.165, 1.54) is 0 Å². The molecular formula is C11H12N2O. The van der Waals surface area contributed by atoms with Gasteiger partial charge in [0.2, 0.25) is 5.91 Å². The summed E-state index contributed by atoms with van der Waals surface area (Å²) in [5.74, 6) is -0.397. The maximum Gasteiger partial charge on any atom is 0.248 e. The van der Waals surface area contributed by atoms with Crippen molar-refractivity contribution < 1.29 is 4.79 Å². The van der Waals surface area contributed by atoms with Crippen LogP contribution in [0.2, 0.25) is 0 Å². The number of hydrogen-bond acceptors (Lipinski definition) is 2. The van der Waals surface area contributed by atoms with Gasteiger partial charge in [0.05, 0.1) is 5.54 Å². The molecule has 0 aromatic heterocycles. The fourth-order valence-electron chi connectivity index (χ4n) is 1.68. The Balaban J connectivity index is 2.55. The molecule has 3 nitrogen and oxygen atoms in total. The Hall–Kier alpha value is -1.64. The Bertz CT molecular complexity index is 433. The Morgan fingerprint density at radius 3 is 2.79 bits per heavy atom. The number of amides is 1.